The molecule has 6 nitrogen and oxygen atoms in total. The Morgan fingerprint density at radius 1 is 1.41 bits per heavy atom. The van der Waals surface area contributed by atoms with E-state index in [1.54, 1.807) is 19.9 Å². The number of aryl methyl sites for hydroxylation is 2. The van der Waals surface area contributed by atoms with Gasteiger partial charge in [0.15, 0.2) is 0 Å². The van der Waals surface area contributed by atoms with E-state index in [0.717, 1.165) is 5.56 Å². The van der Waals surface area contributed by atoms with E-state index in [4.69, 9.17) is 5.73 Å². The molecule has 1 aromatic carbocycles. The van der Waals surface area contributed by atoms with Crippen molar-refractivity contribution in [2.45, 2.75) is 26.1 Å². The molecule has 0 aliphatic carbocycles. The van der Waals surface area contributed by atoms with Crippen molar-refractivity contribution in [1.82, 2.24) is 0 Å². The Morgan fingerprint density at radius 2 is 2.00 bits per heavy atom. The largest absolute Gasteiger partial charge is 0.389 e. The second-order valence-corrected chi connectivity index (χ2v) is 4.02. The summed E-state index contributed by atoms with van der Waals surface area (Å²) in [5.74, 6) is 0. The van der Waals surface area contributed by atoms with Gasteiger partial charge in [-0.3, -0.25) is 10.1 Å². The van der Waals surface area contributed by atoms with Crippen LogP contribution in [-0.4, -0.2) is 27.8 Å². The van der Waals surface area contributed by atoms with Gasteiger partial charge < -0.3 is 15.9 Å². The third-order valence-corrected chi connectivity index (χ3v) is 2.61. The Labute approximate surface area is 98.8 Å². The lowest BCUT2D eigenvalue weighted by Crippen LogP contribution is -2.28. The van der Waals surface area contributed by atoms with Gasteiger partial charge in [-0.15, -0.1) is 0 Å². The van der Waals surface area contributed by atoms with Gasteiger partial charge in [-0.25, -0.2) is 0 Å². The lowest BCUT2D eigenvalue weighted by atomic mass is 9.95. The molecule has 0 saturated heterocycles. The van der Waals surface area contributed by atoms with Crippen molar-refractivity contribution >= 4 is 5.69 Å². The van der Waals surface area contributed by atoms with Crippen LogP contribution in [0.3, 0.4) is 0 Å². The Morgan fingerprint density at radius 3 is 2.47 bits per heavy atom. The van der Waals surface area contributed by atoms with Crippen LogP contribution in [0.15, 0.2) is 12.1 Å². The standard InChI is InChI=1S/C11H16N2O4/c1-6-3-7(2)10(8(4-6)13(16)17)11(15)9(14)5-12/h3-4,9,11,14-15H,5,12H2,1-2H3. The first kappa shape index (κ1) is 13.6. The summed E-state index contributed by atoms with van der Waals surface area (Å²) in [7, 11) is 0. The first-order valence-corrected chi connectivity index (χ1v) is 5.20. The van der Waals surface area contributed by atoms with Gasteiger partial charge >= 0.3 is 0 Å². The van der Waals surface area contributed by atoms with Crippen molar-refractivity contribution in [2.75, 3.05) is 6.54 Å². The predicted molar refractivity (Wildman–Crippen MR) is 62.6 cm³/mol. The predicted octanol–water partition coefficient (Wildman–Crippen LogP) is 0.565. The maximum absolute atomic E-state index is 10.9. The smallest absolute Gasteiger partial charge is 0.275 e. The lowest BCUT2D eigenvalue weighted by molar-refractivity contribution is -0.386. The van der Waals surface area contributed by atoms with Crippen molar-refractivity contribution in [3.05, 3.63) is 38.9 Å². The lowest BCUT2D eigenvalue weighted by Gasteiger charge is -2.18. The summed E-state index contributed by atoms with van der Waals surface area (Å²) in [5.41, 5.74) is 6.46. The first-order chi connectivity index (χ1) is 7.88. The number of nitrogens with two attached hydrogens (primary N) is 1. The minimum absolute atomic E-state index is 0.124. The molecular weight excluding hydrogens is 224 g/mol. The first-order valence-electron chi connectivity index (χ1n) is 5.20. The summed E-state index contributed by atoms with van der Waals surface area (Å²) < 4.78 is 0. The van der Waals surface area contributed by atoms with E-state index < -0.39 is 17.1 Å². The zero-order chi connectivity index (χ0) is 13.2. The van der Waals surface area contributed by atoms with E-state index in [1.165, 1.54) is 6.07 Å². The molecule has 2 unspecified atom stereocenters. The summed E-state index contributed by atoms with van der Waals surface area (Å²) in [5, 5.41) is 30.3. The Kier molecular flexibility index (Phi) is 4.17. The second kappa shape index (κ2) is 5.22. The van der Waals surface area contributed by atoms with Crippen LogP contribution in [0.25, 0.3) is 0 Å². The number of nitrogens with zero attached hydrogens (tertiary/aromatic N) is 1. The average molecular weight is 240 g/mol. The number of hydrogen-bond acceptors (Lipinski definition) is 5. The van der Waals surface area contributed by atoms with E-state index in [0.29, 0.717) is 5.56 Å². The molecule has 0 fully saturated rings. The van der Waals surface area contributed by atoms with Gasteiger partial charge in [-0.05, 0) is 25.0 Å². The highest BCUT2D eigenvalue weighted by Crippen LogP contribution is 2.31. The molecule has 0 saturated carbocycles. The molecule has 0 radical (unpaired) electrons. The summed E-state index contributed by atoms with van der Waals surface area (Å²) in [6.45, 7) is 3.23. The van der Waals surface area contributed by atoms with Crippen LogP contribution in [0.1, 0.15) is 22.8 Å². The minimum Gasteiger partial charge on any atom is -0.389 e. The average Bonchev–Trinajstić information content (AvgIpc) is 2.26. The molecule has 17 heavy (non-hydrogen) atoms. The number of benzene rings is 1. The van der Waals surface area contributed by atoms with Crippen LogP contribution in [0.5, 0.6) is 0 Å². The molecule has 0 amide bonds. The van der Waals surface area contributed by atoms with Crippen LogP contribution in [0, 0.1) is 24.0 Å². The molecular formula is C11H16N2O4. The van der Waals surface area contributed by atoms with Crippen LogP contribution in [0.2, 0.25) is 0 Å². The molecule has 1 aromatic rings. The topological polar surface area (TPSA) is 110 Å². The molecule has 6 heteroatoms. The fraction of sp³-hybridized carbons (Fsp3) is 0.455. The van der Waals surface area contributed by atoms with E-state index in [2.05, 4.69) is 0 Å². The van der Waals surface area contributed by atoms with Crippen molar-refractivity contribution in [3.8, 4) is 0 Å². The number of hydrogen-bond donors (Lipinski definition) is 3. The fourth-order valence-electron chi connectivity index (χ4n) is 1.81. The van der Waals surface area contributed by atoms with E-state index in [-0.39, 0.29) is 17.8 Å². The third-order valence-electron chi connectivity index (χ3n) is 2.61. The second-order valence-electron chi connectivity index (χ2n) is 4.02. The third kappa shape index (κ3) is 2.79. The molecule has 0 spiro atoms. The number of rotatable bonds is 4. The van der Waals surface area contributed by atoms with Crippen molar-refractivity contribution < 1.29 is 15.1 Å². The van der Waals surface area contributed by atoms with Crippen molar-refractivity contribution in [1.29, 1.82) is 0 Å². The zero-order valence-corrected chi connectivity index (χ0v) is 9.75. The van der Waals surface area contributed by atoms with Gasteiger partial charge in [0.05, 0.1) is 16.6 Å². The monoisotopic (exact) mass is 240 g/mol. The SMILES string of the molecule is Cc1cc(C)c(C(O)C(O)CN)c([N+](=O)[O-])c1. The zero-order valence-electron chi connectivity index (χ0n) is 9.75. The number of aliphatic hydroxyl groups excluding tert-OH is 2. The molecule has 0 aliphatic rings. The van der Waals surface area contributed by atoms with Gasteiger partial charge in [-0.2, -0.15) is 0 Å². The highest BCUT2D eigenvalue weighted by atomic mass is 16.6. The van der Waals surface area contributed by atoms with Crippen LogP contribution in [-0.2, 0) is 0 Å². The maximum atomic E-state index is 10.9. The van der Waals surface area contributed by atoms with Crippen LogP contribution in [0.4, 0.5) is 5.69 Å². The van der Waals surface area contributed by atoms with E-state index in [9.17, 15) is 20.3 Å². The van der Waals surface area contributed by atoms with Gasteiger partial charge in [0, 0.05) is 12.6 Å². The Hall–Kier alpha value is -1.50. The van der Waals surface area contributed by atoms with Gasteiger partial charge in [0.2, 0.25) is 0 Å². The highest BCUT2D eigenvalue weighted by molar-refractivity contribution is 5.49. The molecule has 94 valence electrons. The fourth-order valence-corrected chi connectivity index (χ4v) is 1.81. The van der Waals surface area contributed by atoms with Crippen LogP contribution < -0.4 is 5.73 Å². The summed E-state index contributed by atoms with van der Waals surface area (Å²) in [6, 6.07) is 3.09. The number of nitro benzene ring substituents is 1. The van der Waals surface area contributed by atoms with E-state index in [1.807, 2.05) is 0 Å². The van der Waals surface area contributed by atoms with Crippen molar-refractivity contribution in [2.24, 2.45) is 5.73 Å². The maximum Gasteiger partial charge on any atom is 0.275 e. The highest BCUT2D eigenvalue weighted by Gasteiger charge is 2.27. The summed E-state index contributed by atoms with van der Waals surface area (Å²) in [6.07, 6.45) is -2.56. The molecule has 1 rings (SSSR count). The van der Waals surface area contributed by atoms with Crippen molar-refractivity contribution in [3.63, 3.8) is 0 Å². The van der Waals surface area contributed by atoms with Crippen LogP contribution >= 0.6 is 0 Å². The van der Waals surface area contributed by atoms with E-state index >= 15 is 0 Å². The molecule has 2 atom stereocenters. The van der Waals surface area contributed by atoms with Gasteiger partial charge in [0.25, 0.3) is 5.69 Å². The molecule has 0 aromatic heterocycles. The molecule has 4 N–H and O–H groups in total. The number of nitro groups is 1. The minimum atomic E-state index is -1.35. The normalized spacial score (nSPS) is 14.4. The summed E-state index contributed by atoms with van der Waals surface area (Å²) >= 11 is 0. The molecule has 0 aliphatic heterocycles. The molecule has 0 bridgehead atoms. The van der Waals surface area contributed by atoms with Gasteiger partial charge in [-0.1, -0.05) is 6.07 Å². The Balaban J connectivity index is 3.35. The Bertz CT molecular complexity index is 434. The summed E-state index contributed by atoms with van der Waals surface area (Å²) in [4.78, 5) is 10.4. The number of aliphatic hydroxyl groups is 2. The molecule has 0 heterocycles. The quantitative estimate of drug-likeness (QED) is 0.526. The van der Waals surface area contributed by atoms with Gasteiger partial charge in [0.1, 0.15) is 6.10 Å².